The van der Waals surface area contributed by atoms with Crippen molar-refractivity contribution in [1.82, 2.24) is 5.32 Å². The van der Waals surface area contributed by atoms with E-state index >= 15 is 0 Å². The molecule has 2 N–H and O–H groups in total. The first kappa shape index (κ1) is 17.1. The van der Waals surface area contributed by atoms with Crippen LogP contribution < -0.4 is 5.32 Å². The summed E-state index contributed by atoms with van der Waals surface area (Å²) < 4.78 is 37.7. The van der Waals surface area contributed by atoms with E-state index in [4.69, 9.17) is 11.6 Å². The number of hydrogen-bond donors (Lipinski definition) is 2. The monoisotopic (exact) mass is 335 g/mol. The van der Waals surface area contributed by atoms with Gasteiger partial charge in [-0.1, -0.05) is 23.7 Å². The second-order valence-electron chi connectivity index (χ2n) is 6.04. The Morgan fingerprint density at radius 3 is 2.55 bits per heavy atom. The van der Waals surface area contributed by atoms with Gasteiger partial charge in [0.1, 0.15) is 0 Å². The van der Waals surface area contributed by atoms with Crippen LogP contribution in [0.4, 0.5) is 13.2 Å². The predicted molar refractivity (Wildman–Crippen MR) is 76.5 cm³/mol. The van der Waals surface area contributed by atoms with E-state index in [2.05, 4.69) is 5.32 Å². The Kier molecular flexibility index (Phi) is 4.46. The Morgan fingerprint density at radius 2 is 2.05 bits per heavy atom. The average molecular weight is 336 g/mol. The summed E-state index contributed by atoms with van der Waals surface area (Å²) in [6.07, 6.45) is -3.14. The highest BCUT2D eigenvalue weighted by atomic mass is 35.5. The molecule has 0 unspecified atom stereocenters. The van der Waals surface area contributed by atoms with Crippen molar-refractivity contribution in [2.75, 3.05) is 6.54 Å². The molecule has 1 atom stereocenters. The Hall–Kier alpha value is -1.27. The number of hydrogen-bond acceptors (Lipinski definition) is 2. The van der Waals surface area contributed by atoms with Crippen LogP contribution in [0, 0.1) is 5.41 Å². The van der Waals surface area contributed by atoms with Crippen molar-refractivity contribution < 1.29 is 23.1 Å². The summed E-state index contributed by atoms with van der Waals surface area (Å²) in [6.45, 7) is -0.212. The molecule has 1 aromatic rings. The lowest BCUT2D eigenvalue weighted by Gasteiger charge is -2.27. The second kappa shape index (κ2) is 5.74. The van der Waals surface area contributed by atoms with Gasteiger partial charge >= 0.3 is 6.18 Å². The number of benzene rings is 1. The molecular formula is C15H17ClF3NO2. The van der Waals surface area contributed by atoms with Gasteiger partial charge in [0.05, 0.1) is 12.0 Å². The fraction of sp³-hybridized carbons (Fsp3) is 0.533. The molecule has 1 aliphatic carbocycles. The zero-order chi connectivity index (χ0) is 16.6. The van der Waals surface area contributed by atoms with Crippen LogP contribution in [-0.4, -0.2) is 29.3 Å². The molecule has 0 heterocycles. The summed E-state index contributed by atoms with van der Waals surface area (Å²) in [5.74, 6) is -0.461. The van der Waals surface area contributed by atoms with Gasteiger partial charge in [-0.3, -0.25) is 4.79 Å². The van der Waals surface area contributed by atoms with Gasteiger partial charge in [0.2, 0.25) is 5.91 Å². The van der Waals surface area contributed by atoms with Gasteiger partial charge in [-0.05, 0) is 43.9 Å². The van der Waals surface area contributed by atoms with Crippen LogP contribution in [0.15, 0.2) is 24.3 Å². The van der Waals surface area contributed by atoms with Crippen LogP contribution in [0.1, 0.15) is 25.3 Å². The molecule has 1 saturated carbocycles. The van der Waals surface area contributed by atoms with E-state index in [0.29, 0.717) is 31.2 Å². The third kappa shape index (κ3) is 3.73. The fourth-order valence-corrected chi connectivity index (χ4v) is 2.43. The van der Waals surface area contributed by atoms with Crippen LogP contribution in [0.2, 0.25) is 5.02 Å². The number of alkyl halides is 3. The Bertz CT molecular complexity index is 568. The van der Waals surface area contributed by atoms with Gasteiger partial charge in [-0.2, -0.15) is 13.2 Å². The molecule has 0 radical (unpaired) electrons. The lowest BCUT2D eigenvalue weighted by molar-refractivity contribution is -0.250. The molecule has 3 nitrogen and oxygen atoms in total. The smallest absolute Gasteiger partial charge is 0.379 e. The number of rotatable bonds is 5. The standard InChI is InChI=1S/C15H17ClF3NO2/c1-13(22,15(17,18)19)9-20-12(21)14(5-6-14)8-10-3-2-4-11(16)7-10/h2-4,7,22H,5-6,8-9H2,1H3,(H,20,21)/t13-/m1/s1. The molecule has 1 amide bonds. The van der Waals surface area contributed by atoms with E-state index in [1.54, 1.807) is 18.2 Å². The highest BCUT2D eigenvalue weighted by Crippen LogP contribution is 2.49. The topological polar surface area (TPSA) is 49.3 Å². The fourth-order valence-electron chi connectivity index (χ4n) is 2.21. The van der Waals surface area contributed by atoms with Crippen LogP contribution in [0.3, 0.4) is 0 Å². The van der Waals surface area contributed by atoms with E-state index in [1.165, 1.54) is 0 Å². The molecule has 1 fully saturated rings. The van der Waals surface area contributed by atoms with Gasteiger partial charge in [0.15, 0.2) is 5.60 Å². The van der Waals surface area contributed by atoms with Crippen molar-refractivity contribution in [3.8, 4) is 0 Å². The minimum absolute atomic E-state index is 0.424. The van der Waals surface area contributed by atoms with Crippen molar-refractivity contribution in [3.63, 3.8) is 0 Å². The van der Waals surface area contributed by atoms with Gasteiger partial charge in [-0.25, -0.2) is 0 Å². The Labute approximate surface area is 131 Å². The van der Waals surface area contributed by atoms with E-state index < -0.39 is 29.6 Å². The first-order valence-corrected chi connectivity index (χ1v) is 7.25. The molecule has 7 heteroatoms. The van der Waals surface area contributed by atoms with Gasteiger partial charge < -0.3 is 10.4 Å². The van der Waals surface area contributed by atoms with Crippen LogP contribution in [0.25, 0.3) is 0 Å². The summed E-state index contributed by atoms with van der Waals surface area (Å²) in [5, 5.41) is 12.1. The molecule has 0 spiro atoms. The number of nitrogens with one attached hydrogen (secondary N) is 1. The molecule has 0 aromatic heterocycles. The number of carbonyl (C=O) groups is 1. The van der Waals surface area contributed by atoms with Crippen molar-refractivity contribution in [2.45, 2.75) is 38.0 Å². The third-order valence-electron chi connectivity index (χ3n) is 3.97. The van der Waals surface area contributed by atoms with Crippen LogP contribution in [0.5, 0.6) is 0 Å². The highest BCUT2D eigenvalue weighted by Gasteiger charge is 2.53. The van der Waals surface area contributed by atoms with E-state index in [1.807, 2.05) is 6.07 Å². The molecule has 0 bridgehead atoms. The zero-order valence-electron chi connectivity index (χ0n) is 12.0. The normalized spacial score (nSPS) is 19.4. The molecule has 122 valence electrons. The molecule has 0 saturated heterocycles. The molecule has 0 aliphatic heterocycles. The highest BCUT2D eigenvalue weighted by molar-refractivity contribution is 6.30. The quantitative estimate of drug-likeness (QED) is 0.868. The first-order valence-electron chi connectivity index (χ1n) is 6.88. The minimum atomic E-state index is -4.79. The van der Waals surface area contributed by atoms with Crippen LogP contribution in [-0.2, 0) is 11.2 Å². The lowest BCUT2D eigenvalue weighted by Crippen LogP contribution is -2.52. The van der Waals surface area contributed by atoms with Crippen molar-refractivity contribution >= 4 is 17.5 Å². The summed E-state index contributed by atoms with van der Waals surface area (Å²) >= 11 is 5.89. The van der Waals surface area contributed by atoms with Crippen molar-refractivity contribution in [1.29, 1.82) is 0 Å². The minimum Gasteiger partial charge on any atom is -0.379 e. The van der Waals surface area contributed by atoms with Gasteiger partial charge in [0, 0.05) is 5.02 Å². The van der Waals surface area contributed by atoms with E-state index in [0.717, 1.165) is 5.56 Å². The maximum Gasteiger partial charge on any atom is 0.418 e. The lowest BCUT2D eigenvalue weighted by atomic mass is 9.95. The molecule has 1 aromatic carbocycles. The Morgan fingerprint density at radius 1 is 1.41 bits per heavy atom. The van der Waals surface area contributed by atoms with E-state index in [9.17, 15) is 23.1 Å². The average Bonchev–Trinajstić information content (AvgIpc) is 3.15. The largest absolute Gasteiger partial charge is 0.418 e. The SMILES string of the molecule is C[C@@](O)(CNC(=O)C1(Cc2cccc(Cl)c2)CC1)C(F)(F)F. The third-order valence-corrected chi connectivity index (χ3v) is 4.21. The zero-order valence-corrected chi connectivity index (χ0v) is 12.8. The maximum absolute atomic E-state index is 12.6. The van der Waals surface area contributed by atoms with Gasteiger partial charge in [-0.15, -0.1) is 0 Å². The maximum atomic E-state index is 12.6. The first-order chi connectivity index (χ1) is 10.1. The second-order valence-corrected chi connectivity index (χ2v) is 6.48. The molecule has 22 heavy (non-hydrogen) atoms. The summed E-state index contributed by atoms with van der Waals surface area (Å²) in [4.78, 5) is 12.2. The number of carbonyl (C=O) groups excluding carboxylic acids is 1. The van der Waals surface area contributed by atoms with Crippen molar-refractivity contribution in [3.05, 3.63) is 34.9 Å². The molecular weight excluding hydrogens is 319 g/mol. The van der Waals surface area contributed by atoms with Gasteiger partial charge in [0.25, 0.3) is 0 Å². The Balaban J connectivity index is 1.98. The summed E-state index contributed by atoms with van der Waals surface area (Å²) in [7, 11) is 0. The molecule has 2 rings (SSSR count). The predicted octanol–water partition coefficient (Wildman–Crippen LogP) is 3.09. The number of amides is 1. The number of aliphatic hydroxyl groups is 1. The summed E-state index contributed by atoms with van der Waals surface area (Å²) in [5.41, 5.74) is -2.76. The molecule has 1 aliphatic rings. The van der Waals surface area contributed by atoms with E-state index in [-0.39, 0.29) is 0 Å². The number of halogens is 4. The summed E-state index contributed by atoms with van der Waals surface area (Å²) in [6, 6.07) is 7.04. The van der Waals surface area contributed by atoms with Crippen molar-refractivity contribution in [2.24, 2.45) is 5.41 Å². The van der Waals surface area contributed by atoms with Crippen LogP contribution >= 0.6 is 11.6 Å².